The Kier molecular flexibility index (Phi) is 6.46. The van der Waals surface area contributed by atoms with Crippen molar-refractivity contribution < 1.29 is 9.13 Å². The molecule has 3 aromatic heterocycles. The Bertz CT molecular complexity index is 918. The molecule has 1 atom stereocenters. The molecule has 6 nitrogen and oxygen atoms in total. The third-order valence-electron chi connectivity index (χ3n) is 4.32. The van der Waals surface area contributed by atoms with Gasteiger partial charge < -0.3 is 15.4 Å². The number of nitrogens with zero attached hydrogens (tertiary/aromatic N) is 3. The highest BCUT2D eigenvalue weighted by Crippen LogP contribution is 2.25. The number of ether oxygens (including phenoxy) is 1. The molecule has 4 rings (SSSR count). The number of halogens is 1. The number of hydrogen-bond acceptors (Lipinski definition) is 5. The summed E-state index contributed by atoms with van der Waals surface area (Å²) in [4.78, 5) is 9.01. The molecule has 4 heterocycles. The summed E-state index contributed by atoms with van der Waals surface area (Å²) >= 11 is 0. The van der Waals surface area contributed by atoms with Gasteiger partial charge in [0.2, 0.25) is 0 Å². The number of hydrogen-bond donors (Lipinski definition) is 2. The molecule has 1 saturated heterocycles. The van der Waals surface area contributed by atoms with Crippen molar-refractivity contribution in [2.24, 2.45) is 0 Å². The predicted octanol–water partition coefficient (Wildman–Crippen LogP) is 4.12. The third kappa shape index (κ3) is 4.59. The van der Waals surface area contributed by atoms with Crippen molar-refractivity contribution in [1.29, 1.82) is 0 Å². The highest BCUT2D eigenvalue weighted by molar-refractivity contribution is 5.63. The van der Waals surface area contributed by atoms with Gasteiger partial charge in [-0.2, -0.15) is 0 Å². The van der Waals surface area contributed by atoms with Gasteiger partial charge in [0.05, 0.1) is 23.7 Å². The second kappa shape index (κ2) is 9.01. The van der Waals surface area contributed by atoms with Gasteiger partial charge in [-0.05, 0) is 32.9 Å². The molecule has 7 heteroatoms. The molecule has 1 unspecified atom stereocenters. The second-order valence-corrected chi connectivity index (χ2v) is 6.79. The van der Waals surface area contributed by atoms with Crippen LogP contribution in [0.5, 0.6) is 5.75 Å². The Labute approximate surface area is 165 Å². The van der Waals surface area contributed by atoms with Gasteiger partial charge in [0, 0.05) is 37.0 Å². The molecule has 3 aromatic rings. The quantitative estimate of drug-likeness (QED) is 0.692. The summed E-state index contributed by atoms with van der Waals surface area (Å²) in [5.74, 6) is 0.981. The van der Waals surface area contributed by atoms with Gasteiger partial charge in [-0.1, -0.05) is 13.8 Å². The summed E-state index contributed by atoms with van der Waals surface area (Å²) in [6.07, 6.45) is 4.67. The average Bonchev–Trinajstić information content (AvgIpc) is 3.31. The molecule has 0 aliphatic carbocycles. The molecule has 0 bridgehead atoms. The minimum Gasteiger partial charge on any atom is -0.491 e. The Morgan fingerprint density at radius 3 is 2.82 bits per heavy atom. The van der Waals surface area contributed by atoms with E-state index in [2.05, 4.69) is 20.6 Å². The molecule has 0 spiro atoms. The van der Waals surface area contributed by atoms with Crippen LogP contribution in [0.3, 0.4) is 0 Å². The first-order chi connectivity index (χ1) is 13.6. The van der Waals surface area contributed by atoms with Gasteiger partial charge in [-0.25, -0.2) is 14.4 Å². The summed E-state index contributed by atoms with van der Waals surface area (Å²) in [7, 11) is 0. The van der Waals surface area contributed by atoms with E-state index in [4.69, 9.17) is 4.74 Å². The number of fused-ring (bicyclic) bond motifs is 1. The fraction of sp³-hybridized carbons (Fsp3) is 0.429. The Morgan fingerprint density at radius 2 is 2.11 bits per heavy atom. The largest absolute Gasteiger partial charge is 0.491 e. The zero-order valence-corrected chi connectivity index (χ0v) is 16.9. The van der Waals surface area contributed by atoms with Gasteiger partial charge in [0.25, 0.3) is 0 Å². The highest BCUT2D eigenvalue weighted by Gasteiger charge is 2.16. The van der Waals surface area contributed by atoms with Crippen molar-refractivity contribution in [1.82, 2.24) is 19.7 Å². The van der Waals surface area contributed by atoms with E-state index in [0.29, 0.717) is 11.5 Å². The molecule has 1 aliphatic rings. The minimum atomic E-state index is -0.321. The fourth-order valence-electron chi connectivity index (χ4n) is 3.19. The van der Waals surface area contributed by atoms with E-state index < -0.39 is 0 Å². The molecule has 1 fully saturated rings. The second-order valence-electron chi connectivity index (χ2n) is 6.79. The summed E-state index contributed by atoms with van der Waals surface area (Å²) in [5.41, 5.74) is 2.02. The monoisotopic (exact) mass is 385 g/mol. The van der Waals surface area contributed by atoms with Crippen molar-refractivity contribution in [2.45, 2.75) is 46.3 Å². The zero-order valence-electron chi connectivity index (χ0n) is 16.9. The normalized spacial score (nSPS) is 16.1. The lowest BCUT2D eigenvalue weighted by atomic mass is 10.2. The topological polar surface area (TPSA) is 63.5 Å². The van der Waals surface area contributed by atoms with Crippen LogP contribution in [0.15, 0.2) is 36.7 Å². The summed E-state index contributed by atoms with van der Waals surface area (Å²) in [6.45, 7) is 9.79. The van der Waals surface area contributed by atoms with E-state index >= 15 is 0 Å². The molecule has 0 radical (unpaired) electrons. The van der Waals surface area contributed by atoms with E-state index in [1.165, 1.54) is 12.1 Å². The first-order valence-electron chi connectivity index (χ1n) is 9.87. The summed E-state index contributed by atoms with van der Waals surface area (Å²) < 4.78 is 21.7. The average molecular weight is 385 g/mol. The van der Waals surface area contributed by atoms with Gasteiger partial charge in [0.15, 0.2) is 0 Å². The Hall–Kier alpha value is -2.67. The van der Waals surface area contributed by atoms with Crippen LogP contribution in [0.25, 0.3) is 17.0 Å². The first kappa shape index (κ1) is 20.1. The van der Waals surface area contributed by atoms with Crippen molar-refractivity contribution >= 4 is 11.5 Å². The van der Waals surface area contributed by atoms with E-state index in [1.807, 2.05) is 50.4 Å². The molecule has 0 amide bonds. The van der Waals surface area contributed by atoms with Crippen LogP contribution in [-0.4, -0.2) is 39.6 Å². The molecule has 0 saturated carbocycles. The van der Waals surface area contributed by atoms with E-state index in [0.717, 1.165) is 36.6 Å². The van der Waals surface area contributed by atoms with Crippen LogP contribution in [0.4, 0.5) is 10.2 Å². The maximum atomic E-state index is 14.2. The maximum absolute atomic E-state index is 14.2. The van der Waals surface area contributed by atoms with Crippen molar-refractivity contribution in [2.75, 3.05) is 18.4 Å². The zero-order chi connectivity index (χ0) is 20.1. The van der Waals surface area contributed by atoms with Gasteiger partial charge in [0.1, 0.15) is 23.0 Å². The summed E-state index contributed by atoms with van der Waals surface area (Å²) in [6, 6.07) is 6.88. The van der Waals surface area contributed by atoms with Crippen molar-refractivity contribution in [3.05, 3.63) is 42.5 Å². The van der Waals surface area contributed by atoms with Gasteiger partial charge >= 0.3 is 0 Å². The van der Waals surface area contributed by atoms with E-state index in [9.17, 15) is 4.39 Å². The molecule has 1 aliphatic heterocycles. The van der Waals surface area contributed by atoms with Gasteiger partial charge in [-0.15, -0.1) is 0 Å². The van der Waals surface area contributed by atoms with Crippen LogP contribution in [0.1, 0.15) is 34.1 Å². The first-order valence-corrected chi connectivity index (χ1v) is 9.87. The fourth-order valence-corrected chi connectivity index (χ4v) is 3.19. The number of aromatic nitrogens is 3. The Morgan fingerprint density at radius 1 is 1.29 bits per heavy atom. The number of imidazole rings is 1. The Balaban J connectivity index is 0.00000109. The molecule has 28 heavy (non-hydrogen) atoms. The van der Waals surface area contributed by atoms with E-state index in [1.54, 1.807) is 6.20 Å². The highest BCUT2D eigenvalue weighted by atomic mass is 19.1. The standard InChI is InChI=1S/C19H22FN5O.C2H6/c1-12(2)26-15-4-6-25-17(11-22-19(25)9-15)16-7-13(20)8-18(24-16)23-14-3-5-21-10-14;1-2/h4,6-9,11-12,14,21H,3,5,10H2,1-2H3,(H,23,24);1-2H3. The number of pyridine rings is 2. The van der Waals surface area contributed by atoms with Crippen LogP contribution >= 0.6 is 0 Å². The van der Waals surface area contributed by atoms with Crippen LogP contribution in [0.2, 0.25) is 0 Å². The number of rotatable bonds is 5. The van der Waals surface area contributed by atoms with Crippen LogP contribution < -0.4 is 15.4 Å². The maximum Gasteiger partial charge on any atom is 0.140 e. The summed E-state index contributed by atoms with van der Waals surface area (Å²) in [5, 5.41) is 6.58. The predicted molar refractivity (Wildman–Crippen MR) is 110 cm³/mol. The lowest BCUT2D eigenvalue weighted by molar-refractivity contribution is 0.242. The minimum absolute atomic E-state index is 0.0930. The molecular weight excluding hydrogens is 357 g/mol. The van der Waals surface area contributed by atoms with E-state index in [-0.39, 0.29) is 18.0 Å². The van der Waals surface area contributed by atoms with Crippen LogP contribution in [0, 0.1) is 5.82 Å². The number of nitrogens with one attached hydrogen (secondary N) is 2. The SMILES string of the molecule is CC.CC(C)Oc1ccn2c(-c3cc(F)cc(NC4CCNC4)n3)cnc2c1. The van der Waals surface area contributed by atoms with Crippen molar-refractivity contribution in [3.63, 3.8) is 0 Å². The smallest absolute Gasteiger partial charge is 0.140 e. The van der Waals surface area contributed by atoms with Crippen molar-refractivity contribution in [3.8, 4) is 17.1 Å². The molecule has 150 valence electrons. The number of anilines is 1. The lowest BCUT2D eigenvalue weighted by Crippen LogP contribution is -2.22. The van der Waals surface area contributed by atoms with Gasteiger partial charge in [-0.3, -0.25) is 4.40 Å². The molecular formula is C21H28FN5O. The molecule has 0 aromatic carbocycles. The lowest BCUT2D eigenvalue weighted by Gasteiger charge is -2.13. The third-order valence-corrected chi connectivity index (χ3v) is 4.32. The van der Waals surface area contributed by atoms with Crippen LogP contribution in [-0.2, 0) is 0 Å². The molecule has 2 N–H and O–H groups in total.